The Kier molecular flexibility index (Phi) is 3.31. The summed E-state index contributed by atoms with van der Waals surface area (Å²) in [6.07, 6.45) is 0. The van der Waals surface area contributed by atoms with E-state index < -0.39 is 16.2 Å². The molecule has 0 aliphatic heterocycles. The van der Waals surface area contributed by atoms with Crippen molar-refractivity contribution in [3.63, 3.8) is 0 Å². The molecule has 0 bridgehead atoms. The second-order valence-electron chi connectivity index (χ2n) is 5.03. The van der Waals surface area contributed by atoms with Gasteiger partial charge >= 0.3 is 0 Å². The molecular weight excluding hydrogens is 264 g/mol. The number of rotatable bonds is 5. The molecule has 0 spiro atoms. The number of carbonyl (C=O) groups excluding carboxylic acids is 1. The molecule has 0 atom stereocenters. The number of benzene rings is 1. The lowest BCUT2D eigenvalue weighted by Crippen LogP contribution is -2.37. The molecule has 0 saturated heterocycles. The molecule has 0 radical (unpaired) electrons. The molecule has 0 unspecified atom stereocenters. The van der Waals surface area contributed by atoms with E-state index in [4.69, 9.17) is 10.2 Å². The normalized spacial score (nSPS) is 11.5. The first-order chi connectivity index (χ1) is 9.29. The second kappa shape index (κ2) is 4.80. The molecule has 1 heterocycles. The van der Waals surface area contributed by atoms with Crippen molar-refractivity contribution in [2.45, 2.75) is 13.8 Å². The monoisotopic (exact) mass is 278 g/mol. The zero-order valence-electron chi connectivity index (χ0n) is 11.0. The van der Waals surface area contributed by atoms with E-state index in [-0.39, 0.29) is 18.2 Å². The summed E-state index contributed by atoms with van der Waals surface area (Å²) in [4.78, 5) is 25.5. The standard InChI is InChI=1S/C12H14N4O4/c1-12(2,10(13)17)6-14-11-15-8-4-3-7(16(18)19)5-9(8)20-11/h3-5H,6H2,1-2H3,(H2,13,17)(H,14,15). The van der Waals surface area contributed by atoms with E-state index in [1.54, 1.807) is 13.8 Å². The number of fused-ring (bicyclic) bond motifs is 1. The summed E-state index contributed by atoms with van der Waals surface area (Å²) in [7, 11) is 0. The minimum Gasteiger partial charge on any atom is -0.423 e. The molecule has 8 nitrogen and oxygen atoms in total. The lowest BCUT2D eigenvalue weighted by molar-refractivity contribution is -0.384. The number of carbonyl (C=O) groups is 1. The predicted octanol–water partition coefficient (Wildman–Crippen LogP) is 1.66. The fourth-order valence-electron chi connectivity index (χ4n) is 1.49. The average Bonchev–Trinajstić information content (AvgIpc) is 2.77. The first-order valence-corrected chi connectivity index (χ1v) is 5.88. The molecule has 106 valence electrons. The van der Waals surface area contributed by atoms with Gasteiger partial charge in [-0.05, 0) is 19.9 Å². The summed E-state index contributed by atoms with van der Waals surface area (Å²) in [6, 6.07) is 4.34. The van der Waals surface area contributed by atoms with Crippen molar-refractivity contribution in [2.24, 2.45) is 11.1 Å². The maximum atomic E-state index is 11.2. The van der Waals surface area contributed by atoms with Gasteiger partial charge in [-0.15, -0.1) is 0 Å². The van der Waals surface area contributed by atoms with Gasteiger partial charge in [-0.2, -0.15) is 4.98 Å². The topological polar surface area (TPSA) is 124 Å². The Morgan fingerprint density at radius 3 is 2.85 bits per heavy atom. The lowest BCUT2D eigenvalue weighted by Gasteiger charge is -2.19. The summed E-state index contributed by atoms with van der Waals surface area (Å²) in [5, 5.41) is 13.5. The number of hydrogen-bond donors (Lipinski definition) is 2. The van der Waals surface area contributed by atoms with E-state index in [2.05, 4.69) is 10.3 Å². The number of nitro groups is 1. The van der Waals surface area contributed by atoms with Gasteiger partial charge in [0.1, 0.15) is 5.52 Å². The van der Waals surface area contributed by atoms with Crippen LogP contribution in [0.25, 0.3) is 11.1 Å². The largest absolute Gasteiger partial charge is 0.423 e. The second-order valence-corrected chi connectivity index (χ2v) is 5.03. The van der Waals surface area contributed by atoms with E-state index in [1.807, 2.05) is 0 Å². The van der Waals surface area contributed by atoms with Crippen LogP contribution in [0.5, 0.6) is 0 Å². The summed E-state index contributed by atoms with van der Waals surface area (Å²) < 4.78 is 5.36. The summed E-state index contributed by atoms with van der Waals surface area (Å²) in [5.74, 6) is -0.447. The number of nitro benzene ring substituents is 1. The summed E-state index contributed by atoms with van der Waals surface area (Å²) in [6.45, 7) is 3.63. The molecule has 0 aliphatic carbocycles. The molecule has 1 aromatic carbocycles. The first kappa shape index (κ1) is 13.8. The van der Waals surface area contributed by atoms with Crippen LogP contribution in [0.1, 0.15) is 13.8 Å². The molecule has 3 N–H and O–H groups in total. The number of non-ortho nitro benzene ring substituents is 1. The number of aromatic nitrogens is 1. The van der Waals surface area contributed by atoms with Crippen molar-refractivity contribution in [3.05, 3.63) is 28.3 Å². The number of hydrogen-bond acceptors (Lipinski definition) is 6. The van der Waals surface area contributed by atoms with E-state index >= 15 is 0 Å². The Hall–Kier alpha value is -2.64. The molecule has 0 fully saturated rings. The van der Waals surface area contributed by atoms with Gasteiger partial charge in [0.05, 0.1) is 16.4 Å². The van der Waals surface area contributed by atoms with Crippen LogP contribution in [0, 0.1) is 15.5 Å². The zero-order valence-corrected chi connectivity index (χ0v) is 11.0. The van der Waals surface area contributed by atoms with E-state index in [9.17, 15) is 14.9 Å². The van der Waals surface area contributed by atoms with Gasteiger partial charge in [0.25, 0.3) is 11.7 Å². The summed E-state index contributed by atoms with van der Waals surface area (Å²) in [5.41, 5.74) is 5.23. The van der Waals surface area contributed by atoms with Gasteiger partial charge in [-0.1, -0.05) is 0 Å². The van der Waals surface area contributed by atoms with E-state index in [1.165, 1.54) is 18.2 Å². The predicted molar refractivity (Wildman–Crippen MR) is 72.1 cm³/mol. The van der Waals surface area contributed by atoms with E-state index in [0.29, 0.717) is 11.1 Å². The minimum atomic E-state index is -0.757. The van der Waals surface area contributed by atoms with E-state index in [0.717, 1.165) is 0 Å². The maximum Gasteiger partial charge on any atom is 0.295 e. The Labute approximate surface area is 114 Å². The Morgan fingerprint density at radius 2 is 2.25 bits per heavy atom. The van der Waals surface area contributed by atoms with Gasteiger partial charge in [0.2, 0.25) is 5.91 Å². The highest BCUT2D eigenvalue weighted by molar-refractivity contribution is 5.81. The summed E-state index contributed by atoms with van der Waals surface area (Å²) >= 11 is 0. The number of oxazole rings is 1. The van der Waals surface area contributed by atoms with Crippen LogP contribution in [0.2, 0.25) is 0 Å². The van der Waals surface area contributed by atoms with Crippen LogP contribution in [-0.4, -0.2) is 22.4 Å². The zero-order chi connectivity index (χ0) is 14.9. The minimum absolute atomic E-state index is 0.0716. The Morgan fingerprint density at radius 1 is 1.55 bits per heavy atom. The number of primary amides is 1. The van der Waals surface area contributed by atoms with Crippen LogP contribution in [0.3, 0.4) is 0 Å². The van der Waals surface area contributed by atoms with Crippen LogP contribution >= 0.6 is 0 Å². The van der Waals surface area contributed by atoms with Crippen LogP contribution in [0.4, 0.5) is 11.7 Å². The molecular formula is C12H14N4O4. The number of amides is 1. The molecule has 1 aromatic heterocycles. The molecule has 0 aliphatic rings. The Bertz CT molecular complexity index is 677. The van der Waals surface area contributed by atoms with Crippen LogP contribution in [-0.2, 0) is 4.79 Å². The molecule has 2 rings (SSSR count). The SMILES string of the molecule is CC(C)(CNc1nc2ccc([N+](=O)[O-])cc2o1)C(N)=O. The third-order valence-electron chi connectivity index (χ3n) is 2.93. The molecule has 8 heteroatoms. The molecule has 0 saturated carbocycles. The maximum absolute atomic E-state index is 11.2. The highest BCUT2D eigenvalue weighted by Crippen LogP contribution is 2.24. The fraction of sp³-hybridized carbons (Fsp3) is 0.333. The third-order valence-corrected chi connectivity index (χ3v) is 2.93. The quantitative estimate of drug-likeness (QED) is 0.633. The number of nitrogens with two attached hydrogens (primary N) is 1. The van der Waals surface area contributed by atoms with Gasteiger partial charge in [0.15, 0.2) is 5.58 Å². The molecule has 2 aromatic rings. The highest BCUT2D eigenvalue weighted by Gasteiger charge is 2.25. The van der Waals surface area contributed by atoms with Crippen molar-refractivity contribution in [1.29, 1.82) is 0 Å². The van der Waals surface area contributed by atoms with Crippen molar-refractivity contribution in [3.8, 4) is 0 Å². The average molecular weight is 278 g/mol. The highest BCUT2D eigenvalue weighted by atomic mass is 16.6. The number of nitrogens with zero attached hydrogens (tertiary/aromatic N) is 2. The number of anilines is 1. The smallest absolute Gasteiger partial charge is 0.295 e. The Balaban J connectivity index is 2.20. The first-order valence-electron chi connectivity index (χ1n) is 5.88. The molecule has 1 amide bonds. The van der Waals surface area contributed by atoms with Crippen molar-refractivity contribution in [1.82, 2.24) is 4.98 Å². The number of nitrogens with one attached hydrogen (secondary N) is 1. The third kappa shape index (κ3) is 2.68. The van der Waals surface area contributed by atoms with Crippen LogP contribution < -0.4 is 11.1 Å². The van der Waals surface area contributed by atoms with Crippen LogP contribution in [0.15, 0.2) is 22.6 Å². The van der Waals surface area contributed by atoms with Gasteiger partial charge < -0.3 is 15.5 Å². The van der Waals surface area contributed by atoms with Crippen molar-refractivity contribution in [2.75, 3.05) is 11.9 Å². The van der Waals surface area contributed by atoms with Crippen molar-refractivity contribution < 1.29 is 14.1 Å². The molecule has 20 heavy (non-hydrogen) atoms. The van der Waals surface area contributed by atoms with Gasteiger partial charge in [-0.3, -0.25) is 14.9 Å². The fourth-order valence-corrected chi connectivity index (χ4v) is 1.49. The van der Waals surface area contributed by atoms with Gasteiger partial charge in [0, 0.05) is 12.6 Å². The van der Waals surface area contributed by atoms with Crippen molar-refractivity contribution >= 4 is 28.7 Å². The van der Waals surface area contributed by atoms with Gasteiger partial charge in [-0.25, -0.2) is 0 Å². The lowest BCUT2D eigenvalue weighted by atomic mass is 9.93.